The third-order valence-electron chi connectivity index (χ3n) is 10.7. The lowest BCUT2D eigenvalue weighted by molar-refractivity contribution is 0.253. The fourth-order valence-electron chi connectivity index (χ4n) is 6.85. The second-order valence-corrected chi connectivity index (χ2v) is 16.4. The minimum absolute atomic E-state index is 0. The summed E-state index contributed by atoms with van der Waals surface area (Å²) in [4.78, 5) is 42.9. The number of terminal acetylenes is 1. The van der Waals surface area contributed by atoms with Crippen molar-refractivity contribution in [2.24, 2.45) is 0 Å². The fourth-order valence-corrected chi connectivity index (χ4v) is 6.85. The van der Waals surface area contributed by atoms with Crippen LogP contribution in [0.4, 0.5) is 32.6 Å². The molecular formula is C82H117N11O4. The van der Waals surface area contributed by atoms with Gasteiger partial charge in [0.1, 0.15) is 23.1 Å². The number of nitrogen functional groups attached to an aromatic ring is 2. The standard InChI is InChI=1S/C18H17N5O2.C17H16N6O2.C17H4.2C6H12.8C2H6.2CH4/c1-20-18(24)23-13-6-9-16(22-11-13)25-14-7-4-12(5-8-14)15-3-2-10-21-17(15)19;1-19-16(24)23-12-9-21-17(22-10-12)25-13-6-4-11(5-7-13)14-3-2-8-20-15(14)18;1-3-5-7-9-11-13-15-17-16-14-12-10-8-6-4-2;2*1-2-4-6-5-3-1;8*1-2;;/h2-11H,1H3,(H2,19,21)(H2,20,23,24);2-10H,1H3,(H2,18,20)(H2,19,23,24);1H,2H3;2*1-6H2;8*1-2H3;2*1H4. The molecule has 4 amide bonds. The minimum Gasteiger partial charge on any atom is -0.439 e. The van der Waals surface area contributed by atoms with Crippen LogP contribution >= 0.6 is 0 Å². The van der Waals surface area contributed by atoms with E-state index >= 15 is 0 Å². The van der Waals surface area contributed by atoms with Crippen molar-refractivity contribution in [2.75, 3.05) is 36.2 Å². The van der Waals surface area contributed by atoms with Gasteiger partial charge in [-0.3, -0.25) is 0 Å². The summed E-state index contributed by atoms with van der Waals surface area (Å²) in [6, 6.07) is 25.2. The highest BCUT2D eigenvalue weighted by atomic mass is 16.5. The van der Waals surface area contributed by atoms with Crippen LogP contribution in [0.2, 0.25) is 0 Å². The van der Waals surface area contributed by atoms with Gasteiger partial charge in [0.05, 0.1) is 30.0 Å². The zero-order valence-corrected chi connectivity index (χ0v) is 60.6. The number of nitrogens with one attached hydrogen (secondary N) is 4. The van der Waals surface area contributed by atoms with Crippen LogP contribution < -0.4 is 42.2 Å². The minimum atomic E-state index is -0.345. The average Bonchev–Trinajstić information content (AvgIpc) is 0.892. The number of nitrogens with two attached hydrogens (primary N) is 2. The molecule has 2 aliphatic rings. The summed E-state index contributed by atoms with van der Waals surface area (Å²) in [5.74, 6) is 39.5. The van der Waals surface area contributed by atoms with Gasteiger partial charge in [-0.15, -0.1) is 6.42 Å². The van der Waals surface area contributed by atoms with E-state index in [-0.39, 0.29) is 32.9 Å². The van der Waals surface area contributed by atoms with E-state index < -0.39 is 0 Å². The molecular weight excluding hydrogens is 1200 g/mol. The van der Waals surface area contributed by atoms with E-state index in [1.54, 1.807) is 50.6 Å². The number of carbonyl (C=O) groups is 2. The average molecular weight is 1320 g/mol. The van der Waals surface area contributed by atoms with Crippen LogP contribution in [-0.2, 0) is 0 Å². The molecule has 0 bridgehead atoms. The van der Waals surface area contributed by atoms with Gasteiger partial charge in [0.2, 0.25) is 5.88 Å². The molecule has 0 atom stereocenters. The Labute approximate surface area is 589 Å². The molecule has 2 aromatic carbocycles. The Morgan fingerprint density at radius 2 is 0.711 bits per heavy atom. The molecule has 97 heavy (non-hydrogen) atoms. The summed E-state index contributed by atoms with van der Waals surface area (Å²) >= 11 is 0. The van der Waals surface area contributed by atoms with Crippen molar-refractivity contribution in [1.29, 1.82) is 0 Å². The van der Waals surface area contributed by atoms with E-state index in [0.29, 0.717) is 40.4 Å². The first kappa shape index (κ1) is 99.7. The molecule has 8 rings (SSSR count). The van der Waals surface area contributed by atoms with Gasteiger partial charge in [-0.25, -0.2) is 34.5 Å². The van der Waals surface area contributed by atoms with E-state index in [0.717, 1.165) is 22.3 Å². The van der Waals surface area contributed by atoms with Crippen molar-refractivity contribution in [3.63, 3.8) is 0 Å². The monoisotopic (exact) mass is 1320 g/mol. The van der Waals surface area contributed by atoms with Crippen molar-refractivity contribution in [2.45, 2.75) is 210 Å². The first-order valence-electron chi connectivity index (χ1n) is 33.3. The summed E-state index contributed by atoms with van der Waals surface area (Å²) in [5.41, 5.74) is 16.4. The third kappa shape index (κ3) is 53.3. The number of anilines is 4. The van der Waals surface area contributed by atoms with Gasteiger partial charge in [-0.1, -0.05) is 233 Å². The predicted molar refractivity (Wildman–Crippen MR) is 419 cm³/mol. The van der Waals surface area contributed by atoms with Crippen LogP contribution in [0.25, 0.3) is 22.3 Å². The Bertz CT molecular complexity index is 3200. The number of pyridine rings is 3. The summed E-state index contributed by atoms with van der Waals surface area (Å²) in [7, 11) is 3.07. The molecule has 15 heteroatoms. The second kappa shape index (κ2) is 77.6. The van der Waals surface area contributed by atoms with Crippen molar-refractivity contribution in [1.82, 2.24) is 35.6 Å². The molecule has 2 fully saturated rings. The van der Waals surface area contributed by atoms with E-state index in [9.17, 15) is 9.59 Å². The fraction of sp³-hybridized carbons (Fsp3) is 0.402. The van der Waals surface area contributed by atoms with Crippen LogP contribution in [0.5, 0.6) is 23.4 Å². The van der Waals surface area contributed by atoms with Crippen LogP contribution in [0.1, 0.15) is 210 Å². The topological polar surface area (TPSA) is 217 Å². The van der Waals surface area contributed by atoms with E-state index in [1.165, 1.54) is 103 Å². The number of hydrogen-bond donors (Lipinski definition) is 6. The zero-order valence-electron chi connectivity index (χ0n) is 60.6. The van der Waals surface area contributed by atoms with Gasteiger partial charge >= 0.3 is 18.1 Å². The van der Waals surface area contributed by atoms with Crippen molar-refractivity contribution in [3.05, 3.63) is 116 Å². The van der Waals surface area contributed by atoms with Crippen molar-refractivity contribution < 1.29 is 19.1 Å². The molecule has 8 N–H and O–H groups in total. The highest BCUT2D eigenvalue weighted by molar-refractivity contribution is 5.89. The number of nitrogens with zero attached hydrogens (tertiary/aromatic N) is 5. The first-order chi connectivity index (χ1) is 46.7. The Morgan fingerprint density at radius 3 is 1.01 bits per heavy atom. The number of benzene rings is 2. The number of aromatic nitrogens is 5. The van der Waals surface area contributed by atoms with E-state index in [2.05, 4.69) is 135 Å². The zero-order chi connectivity index (χ0) is 72.4. The highest BCUT2D eigenvalue weighted by Gasteiger charge is 2.08. The largest absolute Gasteiger partial charge is 0.439 e. The van der Waals surface area contributed by atoms with E-state index in [4.69, 9.17) is 27.4 Å². The van der Waals surface area contributed by atoms with Crippen LogP contribution in [0, 0.1) is 95.2 Å². The van der Waals surface area contributed by atoms with Crippen LogP contribution in [0.3, 0.4) is 0 Å². The summed E-state index contributed by atoms with van der Waals surface area (Å²) < 4.78 is 11.3. The van der Waals surface area contributed by atoms with E-state index in [1.807, 2.05) is 171 Å². The second-order valence-electron chi connectivity index (χ2n) is 16.4. The van der Waals surface area contributed by atoms with Crippen LogP contribution in [0.15, 0.2) is 116 Å². The molecule has 2 aliphatic carbocycles. The maximum Gasteiger partial charge on any atom is 0.322 e. The molecule has 0 spiro atoms. The predicted octanol–water partition coefficient (Wildman–Crippen LogP) is 20.8. The van der Waals surface area contributed by atoms with Gasteiger partial charge in [-0.05, 0) is 156 Å². The maximum atomic E-state index is 11.2. The first-order valence-corrected chi connectivity index (χ1v) is 33.3. The number of amides is 4. The van der Waals surface area contributed by atoms with Gasteiger partial charge in [0.15, 0.2) is 0 Å². The number of urea groups is 2. The lowest BCUT2D eigenvalue weighted by Crippen LogP contribution is -2.24. The Kier molecular flexibility index (Phi) is 79.8. The molecule has 2 saturated carbocycles. The molecule has 4 heterocycles. The van der Waals surface area contributed by atoms with Gasteiger partial charge in [-0.2, -0.15) is 0 Å². The molecule has 4 aromatic heterocycles. The Balaban J connectivity index is -0.000000210. The highest BCUT2D eigenvalue weighted by Crippen LogP contribution is 2.29. The van der Waals surface area contributed by atoms with Gasteiger partial charge in [0, 0.05) is 43.7 Å². The molecule has 0 radical (unpaired) electrons. The maximum absolute atomic E-state index is 11.2. The van der Waals surface area contributed by atoms with Crippen molar-refractivity contribution >= 4 is 35.1 Å². The number of rotatable bonds is 8. The number of carbonyl (C=O) groups excluding carboxylic acids is 2. The lowest BCUT2D eigenvalue weighted by Gasteiger charge is -2.08. The number of hydrogen-bond acceptors (Lipinski definition) is 11. The molecule has 15 nitrogen and oxygen atoms in total. The number of ether oxygens (including phenoxy) is 2. The quantitative estimate of drug-likeness (QED) is 0.0788. The third-order valence-corrected chi connectivity index (χ3v) is 10.7. The van der Waals surface area contributed by atoms with Gasteiger partial charge < -0.3 is 42.2 Å². The molecule has 0 unspecified atom stereocenters. The Morgan fingerprint density at radius 1 is 0.402 bits per heavy atom. The summed E-state index contributed by atoms with van der Waals surface area (Å²) in [6.45, 7) is 33.7. The summed E-state index contributed by atoms with van der Waals surface area (Å²) in [6.07, 6.45) is 30.6. The molecule has 6 aromatic rings. The molecule has 0 aliphatic heterocycles. The van der Waals surface area contributed by atoms with Gasteiger partial charge in [0.25, 0.3) is 0 Å². The molecule has 0 saturated heterocycles. The summed E-state index contributed by atoms with van der Waals surface area (Å²) in [5, 5.41) is 10.1. The molecule has 524 valence electrons. The van der Waals surface area contributed by atoms with Crippen molar-refractivity contribution in [3.8, 4) is 141 Å². The Hall–Kier alpha value is -10.8. The van der Waals surface area contributed by atoms with Crippen LogP contribution in [-0.4, -0.2) is 51.1 Å². The SMILES string of the molecule is C.C.C#CC#CC#CC#CC#CC#CC#CC#CC.C1CCCCC1.C1CCCCC1.CC.CC.CC.CC.CC.CC.CC.CC.CNC(=O)Nc1ccc(Oc2ccc(-c3cccnc3N)cc2)nc1.CNC(=O)Nc1cnc(Oc2ccc(-c3cccnc3N)cc2)nc1. The normalized spacial score (nSPS) is 9.34. The lowest BCUT2D eigenvalue weighted by atomic mass is 10.0. The smallest absolute Gasteiger partial charge is 0.322 e.